The van der Waals surface area contributed by atoms with Gasteiger partial charge < -0.3 is 14.6 Å². The van der Waals surface area contributed by atoms with Crippen LogP contribution in [0.5, 0.6) is 5.75 Å². The number of benzene rings is 2. The average molecular weight is 270 g/mol. The third-order valence-corrected chi connectivity index (χ3v) is 3.19. The third kappa shape index (κ3) is 1.72. The van der Waals surface area contributed by atoms with E-state index in [9.17, 15) is 14.7 Å². The Kier molecular flexibility index (Phi) is 2.50. The van der Waals surface area contributed by atoms with Gasteiger partial charge in [0.1, 0.15) is 16.9 Å². The normalized spacial score (nSPS) is 11.1. The number of phenols is 1. The summed E-state index contributed by atoms with van der Waals surface area (Å²) in [6, 6.07) is 6.95. The standard InChI is InChI=1S/C15H10O5/c1-7-4-9(16)6-11-13(17)10-5-8(15(18)19)2-3-12(10)20-14(7)11/h2-6,16H,1H3,(H,18,19). The molecule has 1 aromatic heterocycles. The van der Waals surface area contributed by atoms with Crippen molar-refractivity contribution in [3.8, 4) is 5.75 Å². The Labute approximate surface area is 112 Å². The molecule has 0 atom stereocenters. The molecule has 2 N–H and O–H groups in total. The highest BCUT2D eigenvalue weighted by Crippen LogP contribution is 2.25. The maximum Gasteiger partial charge on any atom is 0.335 e. The number of carboxylic acid groups (broad SMARTS) is 1. The lowest BCUT2D eigenvalue weighted by Crippen LogP contribution is -2.05. The van der Waals surface area contributed by atoms with Crippen LogP contribution in [0.15, 0.2) is 39.5 Å². The van der Waals surface area contributed by atoms with Gasteiger partial charge in [-0.25, -0.2) is 4.79 Å². The molecule has 20 heavy (non-hydrogen) atoms. The predicted molar refractivity (Wildman–Crippen MR) is 73.4 cm³/mol. The predicted octanol–water partition coefficient (Wildman–Crippen LogP) is 2.66. The van der Waals surface area contributed by atoms with E-state index < -0.39 is 5.97 Å². The monoisotopic (exact) mass is 270 g/mol. The third-order valence-electron chi connectivity index (χ3n) is 3.19. The topological polar surface area (TPSA) is 87.7 Å². The molecule has 0 saturated heterocycles. The summed E-state index contributed by atoms with van der Waals surface area (Å²) < 4.78 is 5.64. The molecule has 0 unspecified atom stereocenters. The van der Waals surface area contributed by atoms with Gasteiger partial charge in [0, 0.05) is 0 Å². The zero-order chi connectivity index (χ0) is 14.4. The van der Waals surface area contributed by atoms with E-state index in [4.69, 9.17) is 9.52 Å². The fourth-order valence-corrected chi connectivity index (χ4v) is 2.24. The van der Waals surface area contributed by atoms with Gasteiger partial charge in [0.05, 0.1) is 16.3 Å². The minimum absolute atomic E-state index is 0.0148. The number of hydrogen-bond donors (Lipinski definition) is 2. The van der Waals surface area contributed by atoms with Gasteiger partial charge in [-0.2, -0.15) is 0 Å². The molecule has 0 saturated carbocycles. The number of hydrogen-bond acceptors (Lipinski definition) is 4. The Morgan fingerprint density at radius 3 is 2.60 bits per heavy atom. The van der Waals surface area contributed by atoms with Gasteiger partial charge in [0.2, 0.25) is 5.43 Å². The molecule has 100 valence electrons. The maximum atomic E-state index is 12.4. The van der Waals surface area contributed by atoms with Crippen molar-refractivity contribution in [2.24, 2.45) is 0 Å². The summed E-state index contributed by atoms with van der Waals surface area (Å²) in [4.78, 5) is 23.4. The maximum absolute atomic E-state index is 12.4. The average Bonchev–Trinajstić information content (AvgIpc) is 2.40. The van der Waals surface area contributed by atoms with E-state index in [1.165, 1.54) is 30.3 Å². The zero-order valence-corrected chi connectivity index (χ0v) is 10.5. The van der Waals surface area contributed by atoms with Crippen LogP contribution in [-0.2, 0) is 0 Å². The Bertz CT molecular complexity index is 921. The fraction of sp³-hybridized carbons (Fsp3) is 0.0667. The highest BCUT2D eigenvalue weighted by Gasteiger charge is 2.13. The van der Waals surface area contributed by atoms with E-state index in [2.05, 4.69) is 0 Å². The van der Waals surface area contributed by atoms with Gasteiger partial charge in [0.25, 0.3) is 0 Å². The van der Waals surface area contributed by atoms with Crippen LogP contribution in [0, 0.1) is 6.92 Å². The molecule has 0 radical (unpaired) electrons. The molecule has 5 nitrogen and oxygen atoms in total. The second-order valence-electron chi connectivity index (χ2n) is 4.59. The number of aromatic hydroxyl groups is 1. The smallest absolute Gasteiger partial charge is 0.335 e. The van der Waals surface area contributed by atoms with Crippen LogP contribution >= 0.6 is 0 Å². The van der Waals surface area contributed by atoms with Gasteiger partial charge in [0.15, 0.2) is 0 Å². The van der Waals surface area contributed by atoms with E-state index in [0.29, 0.717) is 16.7 Å². The summed E-state index contributed by atoms with van der Waals surface area (Å²) in [5, 5.41) is 19.0. The van der Waals surface area contributed by atoms with Crippen molar-refractivity contribution < 1.29 is 19.4 Å². The number of aryl methyl sites for hydroxylation is 1. The van der Waals surface area contributed by atoms with Gasteiger partial charge >= 0.3 is 5.97 Å². The number of carboxylic acids is 1. The molecular formula is C15H10O5. The Morgan fingerprint density at radius 2 is 1.90 bits per heavy atom. The number of rotatable bonds is 1. The number of phenolic OH excluding ortho intramolecular Hbond substituents is 1. The van der Waals surface area contributed by atoms with Crippen LogP contribution < -0.4 is 5.43 Å². The summed E-state index contributed by atoms with van der Waals surface area (Å²) in [6.07, 6.45) is 0. The first kappa shape index (κ1) is 12.2. The molecule has 0 aliphatic carbocycles. The Morgan fingerprint density at radius 1 is 1.15 bits per heavy atom. The van der Waals surface area contributed by atoms with E-state index in [1.807, 2.05) is 0 Å². The van der Waals surface area contributed by atoms with Crippen molar-refractivity contribution in [1.82, 2.24) is 0 Å². The Hall–Kier alpha value is -2.82. The second kappa shape index (κ2) is 4.09. The number of carbonyl (C=O) groups is 1. The minimum atomic E-state index is -1.11. The lowest BCUT2D eigenvalue weighted by molar-refractivity contribution is 0.0697. The minimum Gasteiger partial charge on any atom is -0.508 e. The van der Waals surface area contributed by atoms with Crippen LogP contribution in [0.1, 0.15) is 15.9 Å². The highest BCUT2D eigenvalue weighted by molar-refractivity contribution is 5.96. The molecular weight excluding hydrogens is 260 g/mol. The summed E-state index contributed by atoms with van der Waals surface area (Å²) >= 11 is 0. The van der Waals surface area contributed by atoms with Gasteiger partial charge in [-0.15, -0.1) is 0 Å². The molecule has 1 heterocycles. The fourth-order valence-electron chi connectivity index (χ4n) is 2.24. The van der Waals surface area contributed by atoms with Crippen LogP contribution in [0.25, 0.3) is 21.9 Å². The van der Waals surface area contributed by atoms with Crippen molar-refractivity contribution in [2.45, 2.75) is 6.92 Å². The highest BCUT2D eigenvalue weighted by atomic mass is 16.4. The molecule has 0 spiro atoms. The van der Waals surface area contributed by atoms with Gasteiger partial charge in [-0.3, -0.25) is 4.79 Å². The first-order valence-corrected chi connectivity index (χ1v) is 5.91. The molecule has 3 rings (SSSR count). The quantitative estimate of drug-likeness (QED) is 0.664. The molecule has 0 amide bonds. The van der Waals surface area contributed by atoms with Crippen molar-refractivity contribution >= 4 is 27.9 Å². The number of aromatic carboxylic acids is 1. The van der Waals surface area contributed by atoms with E-state index in [0.717, 1.165) is 0 Å². The number of fused-ring (bicyclic) bond motifs is 2. The largest absolute Gasteiger partial charge is 0.508 e. The van der Waals surface area contributed by atoms with Gasteiger partial charge in [-0.05, 0) is 42.8 Å². The van der Waals surface area contributed by atoms with E-state index in [-0.39, 0.29) is 27.5 Å². The van der Waals surface area contributed by atoms with E-state index in [1.54, 1.807) is 6.92 Å². The second-order valence-corrected chi connectivity index (χ2v) is 4.59. The molecule has 0 fully saturated rings. The molecule has 3 aromatic rings. The van der Waals surface area contributed by atoms with Crippen LogP contribution in [0.4, 0.5) is 0 Å². The first-order chi connectivity index (χ1) is 9.47. The van der Waals surface area contributed by atoms with Crippen molar-refractivity contribution in [1.29, 1.82) is 0 Å². The first-order valence-electron chi connectivity index (χ1n) is 5.91. The van der Waals surface area contributed by atoms with Crippen LogP contribution in [-0.4, -0.2) is 16.2 Å². The lowest BCUT2D eigenvalue weighted by atomic mass is 10.1. The molecule has 0 aliphatic heterocycles. The molecule has 0 aliphatic rings. The van der Waals surface area contributed by atoms with E-state index >= 15 is 0 Å². The molecule has 2 aromatic carbocycles. The Balaban J connectivity index is 2.51. The molecule has 0 bridgehead atoms. The SMILES string of the molecule is Cc1cc(O)cc2c(=O)c3cc(C(=O)O)ccc3oc12. The summed E-state index contributed by atoms with van der Waals surface area (Å²) in [5.41, 5.74) is 1.01. The van der Waals surface area contributed by atoms with Crippen LogP contribution in [0.3, 0.4) is 0 Å². The summed E-state index contributed by atoms with van der Waals surface area (Å²) in [7, 11) is 0. The zero-order valence-electron chi connectivity index (χ0n) is 10.5. The summed E-state index contributed by atoms with van der Waals surface area (Å²) in [6.45, 7) is 1.72. The van der Waals surface area contributed by atoms with Crippen LogP contribution in [0.2, 0.25) is 0 Å². The van der Waals surface area contributed by atoms with Gasteiger partial charge in [-0.1, -0.05) is 0 Å². The summed E-state index contributed by atoms with van der Waals surface area (Å²) in [5.74, 6) is -1.14. The van der Waals surface area contributed by atoms with Crippen molar-refractivity contribution in [3.05, 3.63) is 51.7 Å². The van der Waals surface area contributed by atoms with Crippen molar-refractivity contribution in [3.63, 3.8) is 0 Å². The molecule has 5 heteroatoms. The van der Waals surface area contributed by atoms with Crippen molar-refractivity contribution in [2.75, 3.05) is 0 Å². The lowest BCUT2D eigenvalue weighted by Gasteiger charge is -2.05.